The first kappa shape index (κ1) is 14.9. The first-order chi connectivity index (χ1) is 10.6. The Bertz CT molecular complexity index is 805. The number of benzene rings is 1. The lowest BCUT2D eigenvalue weighted by molar-refractivity contribution is 0.626. The van der Waals surface area contributed by atoms with E-state index in [1.54, 1.807) is 19.2 Å². The zero-order valence-corrected chi connectivity index (χ0v) is 13.3. The molecular weight excluding hydrogens is 321 g/mol. The number of halogens is 1. The molecule has 0 unspecified atom stereocenters. The summed E-state index contributed by atoms with van der Waals surface area (Å²) in [6, 6.07) is 6.52. The molecule has 0 aliphatic carbocycles. The maximum absolute atomic E-state index is 13.1. The monoisotopic (exact) mass is 333 g/mol. The Hall–Kier alpha value is -2.06. The van der Waals surface area contributed by atoms with E-state index >= 15 is 0 Å². The number of aromatic nitrogens is 4. The Kier molecular flexibility index (Phi) is 4.30. The van der Waals surface area contributed by atoms with E-state index in [-0.39, 0.29) is 5.82 Å². The van der Waals surface area contributed by atoms with E-state index in [0.29, 0.717) is 28.0 Å². The van der Waals surface area contributed by atoms with Gasteiger partial charge in [-0.15, -0.1) is 10.2 Å². The first-order valence-corrected chi connectivity index (χ1v) is 8.22. The minimum Gasteiger partial charge on any atom is -0.383 e. The van der Waals surface area contributed by atoms with Crippen molar-refractivity contribution in [1.82, 2.24) is 20.2 Å². The van der Waals surface area contributed by atoms with Gasteiger partial charge in [0, 0.05) is 11.9 Å². The lowest BCUT2D eigenvalue weighted by Gasteiger charge is -2.00. The van der Waals surface area contributed by atoms with Crippen LogP contribution in [0.4, 0.5) is 10.2 Å². The van der Waals surface area contributed by atoms with Crippen LogP contribution in [0, 0.1) is 12.7 Å². The molecule has 2 aromatic heterocycles. The van der Waals surface area contributed by atoms with Gasteiger partial charge in [0.25, 0.3) is 0 Å². The van der Waals surface area contributed by atoms with Gasteiger partial charge in [-0.2, -0.15) is 0 Å². The van der Waals surface area contributed by atoms with Gasteiger partial charge < -0.3 is 5.73 Å². The summed E-state index contributed by atoms with van der Waals surface area (Å²) in [4.78, 5) is 8.25. The van der Waals surface area contributed by atoms with E-state index in [2.05, 4.69) is 20.2 Å². The van der Waals surface area contributed by atoms with E-state index < -0.39 is 0 Å². The number of nitrogen functional groups attached to an aromatic ring is 1. The minimum absolute atomic E-state index is 0.236. The van der Waals surface area contributed by atoms with Crippen molar-refractivity contribution in [2.24, 2.45) is 0 Å². The SMILES string of the molecule is Cc1ncc(-c2nnc(SCc3cccc(F)c3)s2)c(N)n1. The first-order valence-electron chi connectivity index (χ1n) is 6.42. The predicted molar refractivity (Wildman–Crippen MR) is 86.0 cm³/mol. The molecule has 3 aromatic rings. The molecule has 0 spiro atoms. The molecule has 0 bridgehead atoms. The number of nitrogens with zero attached hydrogens (tertiary/aromatic N) is 4. The number of thioether (sulfide) groups is 1. The van der Waals surface area contributed by atoms with Crippen LogP contribution < -0.4 is 5.73 Å². The molecule has 0 amide bonds. The van der Waals surface area contributed by atoms with Gasteiger partial charge in [0.15, 0.2) is 9.35 Å². The average Bonchev–Trinajstić information content (AvgIpc) is 2.94. The van der Waals surface area contributed by atoms with Crippen LogP contribution in [0.5, 0.6) is 0 Å². The number of rotatable bonds is 4. The second kappa shape index (κ2) is 6.37. The van der Waals surface area contributed by atoms with Crippen LogP contribution in [-0.4, -0.2) is 20.2 Å². The Morgan fingerprint density at radius 3 is 2.95 bits per heavy atom. The van der Waals surface area contributed by atoms with Crippen molar-refractivity contribution in [3.63, 3.8) is 0 Å². The molecule has 0 fully saturated rings. The van der Waals surface area contributed by atoms with Crippen molar-refractivity contribution in [2.45, 2.75) is 17.0 Å². The maximum atomic E-state index is 13.1. The largest absolute Gasteiger partial charge is 0.383 e. The topological polar surface area (TPSA) is 77.6 Å². The Morgan fingerprint density at radius 1 is 1.32 bits per heavy atom. The standard InChI is InChI=1S/C14H12FN5S2/c1-8-17-6-11(12(16)18-8)13-19-20-14(22-13)21-7-9-3-2-4-10(15)5-9/h2-6H,7H2,1H3,(H2,16,17,18). The Balaban J connectivity index is 1.73. The van der Waals surface area contributed by atoms with Gasteiger partial charge in [0.05, 0.1) is 5.56 Å². The van der Waals surface area contributed by atoms with Gasteiger partial charge in [-0.25, -0.2) is 14.4 Å². The molecule has 112 valence electrons. The fourth-order valence-corrected chi connectivity index (χ4v) is 3.61. The number of nitrogens with two attached hydrogens (primary N) is 1. The summed E-state index contributed by atoms with van der Waals surface area (Å²) in [5.41, 5.74) is 7.47. The zero-order chi connectivity index (χ0) is 15.5. The summed E-state index contributed by atoms with van der Waals surface area (Å²) in [5, 5.41) is 8.92. The normalized spacial score (nSPS) is 10.8. The molecule has 0 saturated carbocycles. The molecular formula is C14H12FN5S2. The molecule has 1 aromatic carbocycles. The van der Waals surface area contributed by atoms with Crippen LogP contribution in [0.15, 0.2) is 34.8 Å². The molecule has 22 heavy (non-hydrogen) atoms. The highest BCUT2D eigenvalue weighted by atomic mass is 32.2. The Morgan fingerprint density at radius 2 is 2.18 bits per heavy atom. The number of hydrogen-bond acceptors (Lipinski definition) is 7. The van der Waals surface area contributed by atoms with E-state index in [0.717, 1.165) is 9.90 Å². The van der Waals surface area contributed by atoms with E-state index in [1.807, 2.05) is 6.07 Å². The molecule has 2 heterocycles. The van der Waals surface area contributed by atoms with Gasteiger partial charge in [0.2, 0.25) is 0 Å². The highest BCUT2D eigenvalue weighted by molar-refractivity contribution is 8.00. The van der Waals surface area contributed by atoms with Crippen molar-refractivity contribution >= 4 is 28.9 Å². The third-order valence-corrected chi connectivity index (χ3v) is 4.99. The molecule has 5 nitrogen and oxygen atoms in total. The molecule has 0 saturated heterocycles. The molecule has 0 aliphatic rings. The van der Waals surface area contributed by atoms with Crippen molar-refractivity contribution in [2.75, 3.05) is 5.73 Å². The van der Waals surface area contributed by atoms with Gasteiger partial charge in [-0.05, 0) is 24.6 Å². The highest BCUT2D eigenvalue weighted by Gasteiger charge is 2.12. The number of hydrogen-bond donors (Lipinski definition) is 1. The lowest BCUT2D eigenvalue weighted by Crippen LogP contribution is -1.97. The van der Waals surface area contributed by atoms with Gasteiger partial charge in [-0.1, -0.05) is 35.2 Å². The van der Waals surface area contributed by atoms with Gasteiger partial charge >= 0.3 is 0 Å². The molecule has 2 N–H and O–H groups in total. The predicted octanol–water partition coefficient (Wildman–Crippen LogP) is 3.32. The maximum Gasteiger partial charge on any atom is 0.174 e. The van der Waals surface area contributed by atoms with Crippen molar-refractivity contribution in [1.29, 1.82) is 0 Å². The van der Waals surface area contributed by atoms with Crippen LogP contribution in [0.25, 0.3) is 10.6 Å². The molecule has 3 rings (SSSR count). The third kappa shape index (κ3) is 3.40. The Labute approximate surface area is 134 Å². The van der Waals surface area contributed by atoms with Crippen molar-refractivity contribution in [3.05, 3.63) is 47.7 Å². The summed E-state index contributed by atoms with van der Waals surface area (Å²) >= 11 is 2.92. The summed E-state index contributed by atoms with van der Waals surface area (Å²) in [5.74, 6) is 1.41. The fraction of sp³-hybridized carbons (Fsp3) is 0.143. The van der Waals surface area contributed by atoms with Crippen molar-refractivity contribution in [3.8, 4) is 10.6 Å². The minimum atomic E-state index is -0.236. The summed E-state index contributed by atoms with van der Waals surface area (Å²) in [7, 11) is 0. The van der Waals surface area contributed by atoms with Crippen LogP contribution in [0.1, 0.15) is 11.4 Å². The lowest BCUT2D eigenvalue weighted by atomic mass is 10.2. The van der Waals surface area contributed by atoms with Crippen LogP contribution in [0.3, 0.4) is 0 Å². The van der Waals surface area contributed by atoms with Gasteiger partial charge in [0.1, 0.15) is 17.5 Å². The van der Waals surface area contributed by atoms with Gasteiger partial charge in [-0.3, -0.25) is 0 Å². The summed E-state index contributed by atoms with van der Waals surface area (Å²) in [6.07, 6.45) is 1.65. The van der Waals surface area contributed by atoms with Crippen molar-refractivity contribution < 1.29 is 4.39 Å². The molecule has 0 atom stereocenters. The van der Waals surface area contributed by atoms with E-state index in [1.165, 1.54) is 35.2 Å². The highest BCUT2D eigenvalue weighted by Crippen LogP contribution is 2.32. The van der Waals surface area contributed by atoms with Crippen LogP contribution >= 0.6 is 23.1 Å². The second-order valence-corrected chi connectivity index (χ2v) is 6.71. The quantitative estimate of drug-likeness (QED) is 0.738. The zero-order valence-electron chi connectivity index (χ0n) is 11.7. The second-order valence-electron chi connectivity index (χ2n) is 4.51. The molecule has 8 heteroatoms. The smallest absolute Gasteiger partial charge is 0.174 e. The average molecular weight is 333 g/mol. The fourth-order valence-electron chi connectivity index (χ4n) is 1.80. The number of anilines is 1. The summed E-state index contributed by atoms with van der Waals surface area (Å²) < 4.78 is 13.9. The van der Waals surface area contributed by atoms with Crippen LogP contribution in [0.2, 0.25) is 0 Å². The summed E-state index contributed by atoms with van der Waals surface area (Å²) in [6.45, 7) is 1.78. The molecule has 0 radical (unpaired) electrons. The van der Waals surface area contributed by atoms with E-state index in [9.17, 15) is 4.39 Å². The number of aryl methyl sites for hydroxylation is 1. The van der Waals surface area contributed by atoms with Crippen LogP contribution in [-0.2, 0) is 5.75 Å². The van der Waals surface area contributed by atoms with E-state index in [4.69, 9.17) is 5.73 Å². The molecule has 0 aliphatic heterocycles. The third-order valence-electron chi connectivity index (χ3n) is 2.83.